The SMILES string of the molecule is Cc1cc([C@@H](N)CCCCN)cc(C)c1OCc1ccccc1.Cl. The van der Waals surface area contributed by atoms with Gasteiger partial charge in [0.1, 0.15) is 12.4 Å². The van der Waals surface area contributed by atoms with Gasteiger partial charge in [-0.2, -0.15) is 0 Å². The molecule has 0 unspecified atom stereocenters. The van der Waals surface area contributed by atoms with Crippen LogP contribution in [0.25, 0.3) is 0 Å². The van der Waals surface area contributed by atoms with Crippen LogP contribution in [-0.2, 0) is 6.61 Å². The standard InChI is InChI=1S/C20H28N2O.ClH/c1-15-12-18(19(22)10-6-7-11-21)13-16(2)20(15)23-14-17-8-4-3-5-9-17;/h3-5,8-9,12-13,19H,6-7,10-11,14,21-22H2,1-2H3;1H/t19-;/m0./s1. The van der Waals surface area contributed by atoms with Crippen molar-refractivity contribution in [3.05, 3.63) is 64.7 Å². The molecule has 0 bridgehead atoms. The summed E-state index contributed by atoms with van der Waals surface area (Å²) in [5.41, 5.74) is 16.5. The highest BCUT2D eigenvalue weighted by molar-refractivity contribution is 5.85. The van der Waals surface area contributed by atoms with Gasteiger partial charge >= 0.3 is 0 Å². The van der Waals surface area contributed by atoms with E-state index in [1.54, 1.807) is 0 Å². The summed E-state index contributed by atoms with van der Waals surface area (Å²) in [6, 6.07) is 14.6. The Bertz CT molecular complexity index is 593. The Kier molecular flexibility index (Phi) is 8.83. The summed E-state index contributed by atoms with van der Waals surface area (Å²) in [6.45, 7) is 5.49. The summed E-state index contributed by atoms with van der Waals surface area (Å²) in [7, 11) is 0. The molecule has 4 heteroatoms. The first kappa shape index (κ1) is 20.5. The van der Waals surface area contributed by atoms with Crippen LogP contribution in [0.15, 0.2) is 42.5 Å². The zero-order chi connectivity index (χ0) is 16.7. The van der Waals surface area contributed by atoms with Crippen molar-refractivity contribution in [3.8, 4) is 5.75 Å². The Balaban J connectivity index is 0.00000288. The molecule has 4 N–H and O–H groups in total. The van der Waals surface area contributed by atoms with E-state index in [1.807, 2.05) is 18.2 Å². The average molecular weight is 349 g/mol. The van der Waals surface area contributed by atoms with Crippen molar-refractivity contribution in [1.29, 1.82) is 0 Å². The number of unbranched alkanes of at least 4 members (excludes halogenated alkanes) is 1. The van der Waals surface area contributed by atoms with Crippen LogP contribution in [0.4, 0.5) is 0 Å². The molecule has 0 aliphatic heterocycles. The lowest BCUT2D eigenvalue weighted by atomic mass is 9.97. The molecule has 0 aliphatic rings. The highest BCUT2D eigenvalue weighted by Crippen LogP contribution is 2.29. The fourth-order valence-electron chi connectivity index (χ4n) is 2.83. The number of hydrogen-bond acceptors (Lipinski definition) is 3. The molecule has 0 fully saturated rings. The molecule has 2 aromatic carbocycles. The number of aryl methyl sites for hydroxylation is 2. The van der Waals surface area contributed by atoms with Crippen LogP contribution in [-0.4, -0.2) is 6.54 Å². The fourth-order valence-corrected chi connectivity index (χ4v) is 2.83. The Hall–Kier alpha value is -1.55. The monoisotopic (exact) mass is 348 g/mol. The van der Waals surface area contributed by atoms with Crippen molar-refractivity contribution in [1.82, 2.24) is 0 Å². The van der Waals surface area contributed by atoms with E-state index in [0.717, 1.165) is 42.7 Å². The molecule has 0 saturated heterocycles. The van der Waals surface area contributed by atoms with E-state index in [9.17, 15) is 0 Å². The van der Waals surface area contributed by atoms with Crippen LogP contribution in [0.1, 0.15) is 47.6 Å². The van der Waals surface area contributed by atoms with Crippen molar-refractivity contribution in [3.63, 3.8) is 0 Å². The van der Waals surface area contributed by atoms with Crippen LogP contribution < -0.4 is 16.2 Å². The largest absolute Gasteiger partial charge is 0.488 e. The molecule has 3 nitrogen and oxygen atoms in total. The van der Waals surface area contributed by atoms with E-state index in [4.69, 9.17) is 16.2 Å². The molecule has 2 aromatic rings. The Morgan fingerprint density at radius 2 is 1.62 bits per heavy atom. The smallest absolute Gasteiger partial charge is 0.125 e. The number of hydrogen-bond donors (Lipinski definition) is 2. The van der Waals surface area contributed by atoms with Gasteiger partial charge in [-0.25, -0.2) is 0 Å². The first-order chi connectivity index (χ1) is 11.1. The van der Waals surface area contributed by atoms with Gasteiger partial charge in [0.05, 0.1) is 0 Å². The van der Waals surface area contributed by atoms with Crippen LogP contribution in [0.3, 0.4) is 0 Å². The first-order valence-electron chi connectivity index (χ1n) is 8.35. The molecule has 0 saturated carbocycles. The summed E-state index contributed by atoms with van der Waals surface area (Å²) in [6.07, 6.45) is 3.08. The van der Waals surface area contributed by atoms with E-state index in [-0.39, 0.29) is 18.4 Å². The predicted octanol–water partition coefficient (Wildman–Crippen LogP) is 4.43. The molecule has 0 spiro atoms. The number of ether oxygens (including phenoxy) is 1. The van der Waals surface area contributed by atoms with E-state index < -0.39 is 0 Å². The van der Waals surface area contributed by atoms with Crippen LogP contribution in [0.5, 0.6) is 5.75 Å². The molecule has 0 heterocycles. The summed E-state index contributed by atoms with van der Waals surface area (Å²) in [5.74, 6) is 0.965. The second-order valence-electron chi connectivity index (χ2n) is 6.15. The van der Waals surface area contributed by atoms with Crippen molar-refractivity contribution in [2.45, 2.75) is 45.8 Å². The van der Waals surface area contributed by atoms with Gasteiger partial charge in [-0.15, -0.1) is 12.4 Å². The maximum absolute atomic E-state index is 6.31. The summed E-state index contributed by atoms with van der Waals surface area (Å²) in [5, 5.41) is 0. The normalized spacial score (nSPS) is 11.7. The van der Waals surface area contributed by atoms with Gasteiger partial charge in [-0.05, 0) is 55.5 Å². The van der Waals surface area contributed by atoms with E-state index in [1.165, 1.54) is 11.1 Å². The molecule has 0 amide bonds. The molecule has 0 radical (unpaired) electrons. The quantitative estimate of drug-likeness (QED) is 0.693. The number of nitrogens with two attached hydrogens (primary N) is 2. The molecule has 0 aliphatic carbocycles. The number of halogens is 1. The average Bonchev–Trinajstić information content (AvgIpc) is 2.55. The van der Waals surface area contributed by atoms with E-state index in [0.29, 0.717) is 6.61 Å². The lowest BCUT2D eigenvalue weighted by molar-refractivity contribution is 0.302. The predicted molar refractivity (Wildman–Crippen MR) is 104 cm³/mol. The zero-order valence-electron chi connectivity index (χ0n) is 14.6. The minimum atomic E-state index is 0. The van der Waals surface area contributed by atoms with Crippen LogP contribution >= 0.6 is 12.4 Å². The lowest BCUT2D eigenvalue weighted by Gasteiger charge is -2.17. The van der Waals surface area contributed by atoms with Gasteiger partial charge in [0.25, 0.3) is 0 Å². The molecular weight excluding hydrogens is 320 g/mol. The Labute approximate surface area is 151 Å². The molecule has 1 atom stereocenters. The first-order valence-corrected chi connectivity index (χ1v) is 8.35. The molecular formula is C20H29ClN2O. The highest BCUT2D eigenvalue weighted by atomic mass is 35.5. The third-order valence-electron chi connectivity index (χ3n) is 4.11. The lowest BCUT2D eigenvalue weighted by Crippen LogP contribution is -2.12. The summed E-state index contributed by atoms with van der Waals surface area (Å²) >= 11 is 0. The number of rotatable bonds is 8. The van der Waals surface area contributed by atoms with Crippen LogP contribution in [0, 0.1) is 13.8 Å². The van der Waals surface area contributed by atoms with Crippen molar-refractivity contribution in [2.75, 3.05) is 6.54 Å². The van der Waals surface area contributed by atoms with Gasteiger partial charge in [0, 0.05) is 6.04 Å². The van der Waals surface area contributed by atoms with Gasteiger partial charge in [0.15, 0.2) is 0 Å². The van der Waals surface area contributed by atoms with E-state index >= 15 is 0 Å². The molecule has 2 rings (SSSR count). The third-order valence-corrected chi connectivity index (χ3v) is 4.11. The fraction of sp³-hybridized carbons (Fsp3) is 0.400. The third kappa shape index (κ3) is 5.82. The van der Waals surface area contributed by atoms with Gasteiger partial charge < -0.3 is 16.2 Å². The zero-order valence-corrected chi connectivity index (χ0v) is 15.4. The molecule has 0 aromatic heterocycles. The highest BCUT2D eigenvalue weighted by Gasteiger charge is 2.11. The van der Waals surface area contributed by atoms with Crippen molar-refractivity contribution < 1.29 is 4.74 Å². The molecule has 132 valence electrons. The Morgan fingerprint density at radius 3 is 2.21 bits per heavy atom. The maximum atomic E-state index is 6.31. The minimum Gasteiger partial charge on any atom is -0.488 e. The van der Waals surface area contributed by atoms with Crippen molar-refractivity contribution >= 4 is 12.4 Å². The van der Waals surface area contributed by atoms with Crippen LogP contribution in [0.2, 0.25) is 0 Å². The van der Waals surface area contributed by atoms with Gasteiger partial charge in [0.2, 0.25) is 0 Å². The molecule has 24 heavy (non-hydrogen) atoms. The number of benzene rings is 2. The second kappa shape index (κ2) is 10.3. The van der Waals surface area contributed by atoms with Crippen molar-refractivity contribution in [2.24, 2.45) is 11.5 Å². The summed E-state index contributed by atoms with van der Waals surface area (Å²) < 4.78 is 6.03. The van der Waals surface area contributed by atoms with Gasteiger partial charge in [-0.3, -0.25) is 0 Å². The van der Waals surface area contributed by atoms with E-state index in [2.05, 4.69) is 38.1 Å². The Morgan fingerprint density at radius 1 is 1.00 bits per heavy atom. The summed E-state index contributed by atoms with van der Waals surface area (Å²) in [4.78, 5) is 0. The maximum Gasteiger partial charge on any atom is 0.125 e. The topological polar surface area (TPSA) is 61.3 Å². The second-order valence-corrected chi connectivity index (χ2v) is 6.15. The minimum absolute atomic E-state index is 0. The van der Waals surface area contributed by atoms with Gasteiger partial charge in [-0.1, -0.05) is 48.9 Å².